The second-order valence-electron chi connectivity index (χ2n) is 3.05. The minimum Gasteiger partial charge on any atom is -0.398 e. The van der Waals surface area contributed by atoms with Gasteiger partial charge in [0.15, 0.2) is 4.34 Å². The van der Waals surface area contributed by atoms with E-state index in [0.717, 1.165) is 9.24 Å². The lowest BCUT2D eigenvalue weighted by Gasteiger charge is -2.04. The zero-order valence-electron chi connectivity index (χ0n) is 8.40. The number of benzene rings is 1. The maximum absolute atomic E-state index is 11.2. The Morgan fingerprint density at radius 2 is 2.12 bits per heavy atom. The molecule has 0 saturated heterocycles. The summed E-state index contributed by atoms with van der Waals surface area (Å²) in [7, 11) is -3.77. The predicted molar refractivity (Wildman–Crippen MR) is 66.3 cm³/mol. The van der Waals surface area contributed by atoms with Gasteiger partial charge in [-0.05, 0) is 18.2 Å². The lowest BCUT2D eigenvalue weighted by Crippen LogP contribution is -2.14. The molecule has 0 bridgehead atoms. The normalized spacial score (nSPS) is 11.6. The Bertz CT molecular complexity index is 624. The van der Waals surface area contributed by atoms with Crippen LogP contribution in [0.15, 0.2) is 37.8 Å². The van der Waals surface area contributed by atoms with E-state index in [1.807, 2.05) is 0 Å². The molecule has 0 aliphatic carbocycles. The van der Waals surface area contributed by atoms with E-state index in [1.165, 1.54) is 29.2 Å². The molecule has 0 amide bonds. The fourth-order valence-corrected chi connectivity index (χ4v) is 3.30. The van der Waals surface area contributed by atoms with Gasteiger partial charge in [0.05, 0.1) is 5.69 Å². The quantitative estimate of drug-likeness (QED) is 0.812. The van der Waals surface area contributed by atoms with Crippen LogP contribution in [0.2, 0.25) is 0 Å². The maximum Gasteiger partial charge on any atom is 0.240 e. The zero-order valence-corrected chi connectivity index (χ0v) is 10.8. The number of sulfonamides is 1. The van der Waals surface area contributed by atoms with E-state index in [9.17, 15) is 8.42 Å². The van der Waals surface area contributed by atoms with E-state index in [1.54, 1.807) is 17.6 Å². The summed E-state index contributed by atoms with van der Waals surface area (Å²) in [6.45, 7) is 0. The van der Waals surface area contributed by atoms with Crippen molar-refractivity contribution >= 4 is 38.8 Å². The van der Waals surface area contributed by atoms with Crippen molar-refractivity contribution in [3.63, 3.8) is 0 Å². The highest BCUT2D eigenvalue weighted by Crippen LogP contribution is 2.31. The highest BCUT2D eigenvalue weighted by atomic mass is 32.2. The van der Waals surface area contributed by atoms with Crippen LogP contribution >= 0.6 is 23.1 Å². The molecule has 17 heavy (non-hydrogen) atoms. The largest absolute Gasteiger partial charge is 0.398 e. The molecular formula is C8H8N4O2S3. The Hall–Kier alpha value is -1.16. The van der Waals surface area contributed by atoms with Gasteiger partial charge in [-0.1, -0.05) is 23.1 Å². The number of anilines is 1. The van der Waals surface area contributed by atoms with Crippen molar-refractivity contribution in [2.75, 3.05) is 5.73 Å². The van der Waals surface area contributed by atoms with Gasteiger partial charge in [0.25, 0.3) is 0 Å². The van der Waals surface area contributed by atoms with Gasteiger partial charge in [0.1, 0.15) is 10.4 Å². The van der Waals surface area contributed by atoms with Gasteiger partial charge in [0.2, 0.25) is 10.0 Å². The van der Waals surface area contributed by atoms with Crippen LogP contribution in [-0.2, 0) is 10.0 Å². The Balaban J connectivity index is 2.32. The van der Waals surface area contributed by atoms with Crippen molar-refractivity contribution in [3.05, 3.63) is 23.7 Å². The average molecular weight is 288 g/mol. The van der Waals surface area contributed by atoms with E-state index in [0.29, 0.717) is 0 Å². The van der Waals surface area contributed by atoms with Crippen molar-refractivity contribution in [2.24, 2.45) is 5.14 Å². The lowest BCUT2D eigenvalue weighted by molar-refractivity contribution is 0.598. The minimum absolute atomic E-state index is 0.0703. The van der Waals surface area contributed by atoms with E-state index in [4.69, 9.17) is 10.9 Å². The predicted octanol–water partition coefficient (Wildman–Crippen LogP) is 0.919. The minimum atomic E-state index is -3.77. The molecule has 6 nitrogen and oxygen atoms in total. The Labute approximate surface area is 106 Å². The van der Waals surface area contributed by atoms with Crippen molar-refractivity contribution in [3.8, 4) is 0 Å². The molecule has 0 aliphatic heterocycles. The van der Waals surface area contributed by atoms with Crippen LogP contribution in [0.1, 0.15) is 0 Å². The molecule has 90 valence electrons. The summed E-state index contributed by atoms with van der Waals surface area (Å²) < 4.78 is 23.1. The maximum atomic E-state index is 11.2. The fourth-order valence-electron chi connectivity index (χ4n) is 1.16. The van der Waals surface area contributed by atoms with Crippen LogP contribution in [-0.4, -0.2) is 18.6 Å². The number of primary sulfonamides is 1. The van der Waals surface area contributed by atoms with Gasteiger partial charge in [-0.15, -0.1) is 10.2 Å². The van der Waals surface area contributed by atoms with Gasteiger partial charge < -0.3 is 5.73 Å². The van der Waals surface area contributed by atoms with E-state index < -0.39 is 10.0 Å². The van der Waals surface area contributed by atoms with Crippen LogP contribution in [0, 0.1) is 0 Å². The first-order valence-electron chi connectivity index (χ1n) is 4.33. The van der Waals surface area contributed by atoms with Crippen molar-refractivity contribution < 1.29 is 8.42 Å². The topological polar surface area (TPSA) is 112 Å². The molecule has 4 N–H and O–H groups in total. The van der Waals surface area contributed by atoms with Crippen LogP contribution in [0.5, 0.6) is 0 Å². The number of nitrogens with zero attached hydrogens (tertiary/aromatic N) is 2. The second kappa shape index (κ2) is 4.61. The van der Waals surface area contributed by atoms with Crippen LogP contribution in [0.4, 0.5) is 5.69 Å². The van der Waals surface area contributed by atoms with Crippen LogP contribution in [0.25, 0.3) is 0 Å². The molecule has 0 saturated carbocycles. The summed E-state index contributed by atoms with van der Waals surface area (Å²) in [5.41, 5.74) is 7.37. The molecule has 2 aromatic rings. The van der Waals surface area contributed by atoms with E-state index in [-0.39, 0.29) is 10.6 Å². The zero-order chi connectivity index (χ0) is 12.5. The number of nitrogens with two attached hydrogens (primary N) is 2. The average Bonchev–Trinajstić information content (AvgIpc) is 2.68. The molecule has 9 heteroatoms. The second-order valence-corrected chi connectivity index (χ2v) is 6.74. The summed E-state index contributed by atoms with van der Waals surface area (Å²) in [6, 6.07) is 4.56. The number of hydrogen-bond donors (Lipinski definition) is 2. The Morgan fingerprint density at radius 3 is 2.65 bits per heavy atom. The van der Waals surface area contributed by atoms with Crippen molar-refractivity contribution in [1.82, 2.24) is 10.2 Å². The van der Waals surface area contributed by atoms with Gasteiger partial charge >= 0.3 is 0 Å². The smallest absolute Gasteiger partial charge is 0.240 e. The number of rotatable bonds is 3. The van der Waals surface area contributed by atoms with Gasteiger partial charge in [-0.3, -0.25) is 0 Å². The molecule has 0 radical (unpaired) electrons. The molecule has 0 spiro atoms. The van der Waals surface area contributed by atoms with Crippen molar-refractivity contribution in [2.45, 2.75) is 14.1 Å². The summed E-state index contributed by atoms with van der Waals surface area (Å²) in [4.78, 5) is 0.714. The van der Waals surface area contributed by atoms with Crippen molar-refractivity contribution in [1.29, 1.82) is 0 Å². The molecule has 1 heterocycles. The Morgan fingerprint density at radius 1 is 1.35 bits per heavy atom. The lowest BCUT2D eigenvalue weighted by atomic mass is 10.3. The van der Waals surface area contributed by atoms with Crippen LogP contribution in [0.3, 0.4) is 0 Å². The van der Waals surface area contributed by atoms with Crippen LogP contribution < -0.4 is 10.9 Å². The third-order valence-electron chi connectivity index (χ3n) is 1.83. The van der Waals surface area contributed by atoms with Gasteiger partial charge in [-0.25, -0.2) is 13.6 Å². The van der Waals surface area contributed by atoms with E-state index >= 15 is 0 Å². The molecule has 2 rings (SSSR count). The first kappa shape index (κ1) is 12.3. The first-order chi connectivity index (χ1) is 7.97. The highest BCUT2D eigenvalue weighted by Gasteiger charge is 2.13. The molecule has 0 fully saturated rings. The molecule has 1 aromatic carbocycles. The monoisotopic (exact) mass is 288 g/mol. The molecule has 1 aromatic heterocycles. The van der Waals surface area contributed by atoms with E-state index in [2.05, 4.69) is 10.2 Å². The number of nitrogen functional groups attached to an aromatic ring is 1. The summed E-state index contributed by atoms with van der Waals surface area (Å²) in [5, 5.41) is 12.6. The standard InChI is InChI=1S/C8H8N4O2S3/c9-6-3-5(16-8-12-11-4-15-8)1-2-7(6)17(10,13)14/h1-4H,9H2,(H2,10,13,14). The fraction of sp³-hybridized carbons (Fsp3) is 0. The SMILES string of the molecule is Nc1cc(Sc2nncs2)ccc1S(N)(=O)=O. The third-order valence-corrected chi connectivity index (χ3v) is 4.59. The van der Waals surface area contributed by atoms with Gasteiger partial charge in [0, 0.05) is 4.90 Å². The molecular weight excluding hydrogens is 280 g/mol. The number of aromatic nitrogens is 2. The number of hydrogen-bond acceptors (Lipinski definition) is 7. The Kier molecular flexibility index (Phi) is 3.33. The summed E-state index contributed by atoms with van der Waals surface area (Å²) in [6.07, 6.45) is 0. The molecule has 0 aliphatic rings. The summed E-state index contributed by atoms with van der Waals surface area (Å²) >= 11 is 2.75. The molecule has 0 atom stereocenters. The first-order valence-corrected chi connectivity index (χ1v) is 7.57. The van der Waals surface area contributed by atoms with Gasteiger partial charge in [-0.2, -0.15) is 0 Å². The highest BCUT2D eigenvalue weighted by molar-refractivity contribution is 8.01. The summed E-state index contributed by atoms with van der Waals surface area (Å²) in [5.74, 6) is 0. The molecule has 0 unspecified atom stereocenters. The third kappa shape index (κ3) is 2.94.